The number of nitro groups is 1. The molecule has 0 unspecified atom stereocenters. The maximum Gasteiger partial charge on any atom is 0.269 e. The molecule has 0 amide bonds. The van der Waals surface area contributed by atoms with Crippen LogP contribution < -0.4 is 0 Å². The zero-order valence-electron chi connectivity index (χ0n) is 8.91. The van der Waals surface area contributed by atoms with Gasteiger partial charge in [0, 0.05) is 30.0 Å². The van der Waals surface area contributed by atoms with Crippen molar-refractivity contribution in [3.63, 3.8) is 0 Å². The SMILES string of the molecule is CC(=O)c1nc(-c2ccc([N+](=O)[O-])cc2)cs1. The van der Waals surface area contributed by atoms with Crippen LogP contribution in [0.3, 0.4) is 0 Å². The van der Waals surface area contributed by atoms with E-state index in [-0.39, 0.29) is 11.5 Å². The molecule has 1 aromatic heterocycles. The highest BCUT2D eigenvalue weighted by Crippen LogP contribution is 2.24. The normalized spacial score (nSPS) is 10.2. The highest BCUT2D eigenvalue weighted by molar-refractivity contribution is 7.12. The Morgan fingerprint density at radius 2 is 2.00 bits per heavy atom. The van der Waals surface area contributed by atoms with Crippen molar-refractivity contribution in [1.82, 2.24) is 4.98 Å². The van der Waals surface area contributed by atoms with Gasteiger partial charge < -0.3 is 0 Å². The van der Waals surface area contributed by atoms with Gasteiger partial charge in [0.05, 0.1) is 10.6 Å². The summed E-state index contributed by atoms with van der Waals surface area (Å²) in [6, 6.07) is 6.08. The first kappa shape index (κ1) is 11.4. The van der Waals surface area contributed by atoms with Gasteiger partial charge in [-0.05, 0) is 12.1 Å². The smallest absolute Gasteiger partial charge is 0.269 e. The van der Waals surface area contributed by atoms with Crippen LogP contribution in [0.4, 0.5) is 5.69 Å². The minimum Gasteiger partial charge on any atom is -0.292 e. The van der Waals surface area contributed by atoms with Crippen LogP contribution in [0.1, 0.15) is 16.7 Å². The minimum atomic E-state index is -0.453. The molecule has 0 aliphatic rings. The molecule has 0 N–H and O–H groups in total. The Kier molecular flexibility index (Phi) is 2.97. The third kappa shape index (κ3) is 2.36. The largest absolute Gasteiger partial charge is 0.292 e. The lowest BCUT2D eigenvalue weighted by Gasteiger charge is -1.95. The molecule has 0 aliphatic carbocycles. The number of benzene rings is 1. The fraction of sp³-hybridized carbons (Fsp3) is 0.0909. The molecule has 5 nitrogen and oxygen atoms in total. The van der Waals surface area contributed by atoms with Gasteiger partial charge in [-0.3, -0.25) is 14.9 Å². The van der Waals surface area contributed by atoms with Crippen molar-refractivity contribution in [1.29, 1.82) is 0 Å². The van der Waals surface area contributed by atoms with E-state index in [0.717, 1.165) is 5.56 Å². The number of carbonyl (C=O) groups excluding carboxylic acids is 1. The van der Waals surface area contributed by atoms with Gasteiger partial charge in [-0.15, -0.1) is 11.3 Å². The van der Waals surface area contributed by atoms with E-state index >= 15 is 0 Å². The molecule has 0 saturated heterocycles. The van der Waals surface area contributed by atoms with Gasteiger partial charge in [0.25, 0.3) is 5.69 Å². The molecule has 0 spiro atoms. The number of thiazole rings is 1. The molecular weight excluding hydrogens is 240 g/mol. The van der Waals surface area contributed by atoms with Crippen molar-refractivity contribution in [2.24, 2.45) is 0 Å². The van der Waals surface area contributed by atoms with Crippen LogP contribution in [-0.2, 0) is 0 Å². The second-order valence-electron chi connectivity index (χ2n) is 3.40. The molecule has 0 fully saturated rings. The van der Waals surface area contributed by atoms with Gasteiger partial charge in [0.15, 0.2) is 10.8 Å². The molecule has 1 heterocycles. The number of rotatable bonds is 3. The summed E-state index contributed by atoms with van der Waals surface area (Å²) >= 11 is 1.27. The Bertz CT molecular complexity index is 575. The van der Waals surface area contributed by atoms with E-state index in [1.54, 1.807) is 17.5 Å². The van der Waals surface area contributed by atoms with Crippen LogP contribution >= 0.6 is 11.3 Å². The number of non-ortho nitro benzene ring substituents is 1. The van der Waals surface area contributed by atoms with E-state index in [0.29, 0.717) is 10.7 Å². The van der Waals surface area contributed by atoms with E-state index in [2.05, 4.69) is 4.98 Å². The fourth-order valence-corrected chi connectivity index (χ4v) is 2.05. The zero-order chi connectivity index (χ0) is 12.4. The van der Waals surface area contributed by atoms with Gasteiger partial charge in [-0.25, -0.2) is 4.98 Å². The van der Waals surface area contributed by atoms with Crippen LogP contribution in [0, 0.1) is 10.1 Å². The molecule has 2 rings (SSSR count). The Labute approximate surface area is 101 Å². The molecule has 6 heteroatoms. The van der Waals surface area contributed by atoms with E-state index in [4.69, 9.17) is 0 Å². The van der Waals surface area contributed by atoms with Crippen molar-refractivity contribution in [3.8, 4) is 11.3 Å². The van der Waals surface area contributed by atoms with Crippen LogP contribution in [0.5, 0.6) is 0 Å². The van der Waals surface area contributed by atoms with Crippen molar-refractivity contribution in [3.05, 3.63) is 44.8 Å². The van der Waals surface area contributed by atoms with Crippen LogP contribution in [0.25, 0.3) is 11.3 Å². The third-order valence-electron chi connectivity index (χ3n) is 2.18. The average molecular weight is 248 g/mol. The quantitative estimate of drug-likeness (QED) is 0.475. The van der Waals surface area contributed by atoms with Gasteiger partial charge >= 0.3 is 0 Å². The summed E-state index contributed by atoms with van der Waals surface area (Å²) in [6.45, 7) is 1.46. The van der Waals surface area contributed by atoms with Gasteiger partial charge in [0.1, 0.15) is 0 Å². The Morgan fingerprint density at radius 1 is 1.35 bits per heavy atom. The monoisotopic (exact) mass is 248 g/mol. The molecule has 0 atom stereocenters. The Morgan fingerprint density at radius 3 is 2.47 bits per heavy atom. The van der Waals surface area contributed by atoms with E-state index in [9.17, 15) is 14.9 Å². The fourth-order valence-electron chi connectivity index (χ4n) is 1.32. The predicted octanol–water partition coefficient (Wildman–Crippen LogP) is 2.92. The summed E-state index contributed by atoms with van der Waals surface area (Å²) in [6.07, 6.45) is 0. The van der Waals surface area contributed by atoms with Crippen molar-refractivity contribution in [2.45, 2.75) is 6.92 Å². The summed E-state index contributed by atoms with van der Waals surface area (Å²) < 4.78 is 0. The van der Waals surface area contributed by atoms with Gasteiger partial charge in [-0.1, -0.05) is 0 Å². The summed E-state index contributed by atoms with van der Waals surface area (Å²) in [5.41, 5.74) is 1.46. The molecule has 0 saturated carbocycles. The van der Waals surface area contributed by atoms with E-state index < -0.39 is 4.92 Å². The van der Waals surface area contributed by atoms with Gasteiger partial charge in [-0.2, -0.15) is 0 Å². The number of nitro benzene ring substituents is 1. The first-order chi connectivity index (χ1) is 8.08. The van der Waals surface area contributed by atoms with Crippen molar-refractivity contribution < 1.29 is 9.72 Å². The molecular formula is C11H8N2O3S. The average Bonchev–Trinajstić information content (AvgIpc) is 2.78. The highest BCUT2D eigenvalue weighted by atomic mass is 32.1. The van der Waals surface area contributed by atoms with Crippen LogP contribution in [0.2, 0.25) is 0 Å². The number of aromatic nitrogens is 1. The standard InChI is InChI=1S/C11H8N2O3S/c1-7(14)11-12-10(6-17-11)8-2-4-9(5-3-8)13(15)16/h2-6H,1H3. The van der Waals surface area contributed by atoms with Crippen molar-refractivity contribution >= 4 is 22.8 Å². The summed E-state index contributed by atoms with van der Waals surface area (Å²) in [7, 11) is 0. The number of carbonyl (C=O) groups is 1. The van der Waals surface area contributed by atoms with Crippen LogP contribution in [0.15, 0.2) is 29.6 Å². The first-order valence-electron chi connectivity index (χ1n) is 4.79. The lowest BCUT2D eigenvalue weighted by molar-refractivity contribution is -0.384. The summed E-state index contributed by atoms with van der Waals surface area (Å²) in [4.78, 5) is 25.3. The van der Waals surface area contributed by atoms with Crippen LogP contribution in [-0.4, -0.2) is 15.7 Å². The molecule has 0 aliphatic heterocycles. The second-order valence-corrected chi connectivity index (χ2v) is 4.26. The lowest BCUT2D eigenvalue weighted by atomic mass is 10.1. The Balaban J connectivity index is 2.33. The topological polar surface area (TPSA) is 73.1 Å². The van der Waals surface area contributed by atoms with E-state index in [1.165, 1.54) is 30.4 Å². The second kappa shape index (κ2) is 4.42. The molecule has 1 aromatic carbocycles. The lowest BCUT2D eigenvalue weighted by Crippen LogP contribution is -1.90. The third-order valence-corrected chi connectivity index (χ3v) is 3.12. The highest BCUT2D eigenvalue weighted by Gasteiger charge is 2.09. The maximum absolute atomic E-state index is 11.1. The summed E-state index contributed by atoms with van der Waals surface area (Å²) in [5, 5.41) is 12.7. The number of hydrogen-bond donors (Lipinski definition) is 0. The number of Topliss-reactive ketones (excluding diaryl/α,β-unsaturated/α-hetero) is 1. The molecule has 17 heavy (non-hydrogen) atoms. The molecule has 86 valence electrons. The first-order valence-corrected chi connectivity index (χ1v) is 5.67. The van der Waals surface area contributed by atoms with Gasteiger partial charge in [0.2, 0.25) is 0 Å². The molecule has 0 bridgehead atoms. The predicted molar refractivity (Wildman–Crippen MR) is 64.2 cm³/mol. The number of ketones is 1. The maximum atomic E-state index is 11.1. The number of nitrogens with zero attached hydrogens (tertiary/aromatic N) is 2. The zero-order valence-corrected chi connectivity index (χ0v) is 9.73. The number of hydrogen-bond acceptors (Lipinski definition) is 5. The molecule has 0 radical (unpaired) electrons. The minimum absolute atomic E-state index is 0.0378. The molecule has 2 aromatic rings. The van der Waals surface area contributed by atoms with Crippen molar-refractivity contribution in [2.75, 3.05) is 0 Å². The Hall–Kier alpha value is -2.08. The van der Waals surface area contributed by atoms with E-state index in [1.807, 2.05) is 0 Å². The summed E-state index contributed by atoms with van der Waals surface area (Å²) in [5.74, 6) is -0.0804.